The normalized spacial score (nSPS) is 11.1. The maximum Gasteiger partial charge on any atom is 0.264 e. The summed E-state index contributed by atoms with van der Waals surface area (Å²) in [5, 5.41) is 14.1. The van der Waals surface area contributed by atoms with Crippen molar-refractivity contribution in [1.82, 2.24) is 5.43 Å². The first-order chi connectivity index (χ1) is 11.6. The number of carbonyl (C=O) groups is 1. The summed E-state index contributed by atoms with van der Waals surface area (Å²) >= 11 is 5.79. The molecule has 6 heteroatoms. The summed E-state index contributed by atoms with van der Waals surface area (Å²) in [6.07, 6.45) is 4.51. The van der Waals surface area contributed by atoms with E-state index in [1.54, 1.807) is 42.5 Å². The second-order valence-electron chi connectivity index (χ2n) is 4.78. The first kappa shape index (κ1) is 17.6. The Kier molecular flexibility index (Phi) is 6.40. The Bertz CT molecular complexity index is 755. The molecule has 2 rings (SSSR count). The van der Waals surface area contributed by atoms with Gasteiger partial charge in [-0.15, -0.1) is 0 Å². The van der Waals surface area contributed by atoms with Gasteiger partial charge in [0.15, 0.2) is 11.5 Å². The minimum atomic E-state index is -0.356. The zero-order valence-corrected chi connectivity index (χ0v) is 13.8. The molecule has 2 aromatic rings. The maximum atomic E-state index is 11.7. The van der Waals surface area contributed by atoms with E-state index in [1.165, 1.54) is 18.4 Å². The van der Waals surface area contributed by atoms with Crippen molar-refractivity contribution in [3.8, 4) is 11.5 Å². The summed E-state index contributed by atoms with van der Waals surface area (Å²) in [6, 6.07) is 11.9. The smallest absolute Gasteiger partial charge is 0.264 e. The number of halogens is 1. The van der Waals surface area contributed by atoms with Gasteiger partial charge in [0, 0.05) is 11.1 Å². The van der Waals surface area contributed by atoms with Crippen LogP contribution in [0.5, 0.6) is 11.5 Å². The highest BCUT2D eigenvalue weighted by Crippen LogP contribution is 2.26. The number of rotatable bonds is 6. The molecular formula is C18H17ClN2O3. The molecule has 0 radical (unpaired) electrons. The Morgan fingerprint density at radius 2 is 1.96 bits per heavy atom. The number of amides is 1. The summed E-state index contributed by atoms with van der Waals surface area (Å²) in [5.41, 5.74) is 3.95. The van der Waals surface area contributed by atoms with Crippen LogP contribution in [0.25, 0.3) is 6.08 Å². The Morgan fingerprint density at radius 3 is 2.67 bits per heavy atom. The average Bonchev–Trinajstić information content (AvgIpc) is 2.57. The third kappa shape index (κ3) is 5.44. The predicted octanol–water partition coefficient (Wildman–Crippen LogP) is 3.61. The van der Waals surface area contributed by atoms with Crippen molar-refractivity contribution in [1.29, 1.82) is 0 Å². The van der Waals surface area contributed by atoms with Crippen LogP contribution in [0.1, 0.15) is 18.1 Å². The van der Waals surface area contributed by atoms with E-state index in [9.17, 15) is 9.90 Å². The molecule has 0 bridgehead atoms. The summed E-state index contributed by atoms with van der Waals surface area (Å²) in [6.45, 7) is 2.27. The highest BCUT2D eigenvalue weighted by molar-refractivity contribution is 6.30. The minimum Gasteiger partial charge on any atom is -0.504 e. The standard InChI is InChI=1S/C18H17ClN2O3/c1-2-24-17-11-14(5-9-16(17)22)12-20-21-18(23)10-6-13-3-7-15(19)8-4-13/h3-12,22H,2H2,1H3,(H,21,23)/b10-6+,20-12-. The van der Waals surface area contributed by atoms with Gasteiger partial charge < -0.3 is 9.84 Å². The van der Waals surface area contributed by atoms with E-state index in [1.807, 2.05) is 6.92 Å². The molecule has 24 heavy (non-hydrogen) atoms. The van der Waals surface area contributed by atoms with Crippen LogP contribution in [0.15, 0.2) is 53.6 Å². The summed E-state index contributed by atoms with van der Waals surface area (Å²) in [5.74, 6) is 0.0735. The van der Waals surface area contributed by atoms with E-state index >= 15 is 0 Å². The highest BCUT2D eigenvalue weighted by Gasteiger charge is 2.02. The van der Waals surface area contributed by atoms with Crippen LogP contribution in [0.3, 0.4) is 0 Å². The summed E-state index contributed by atoms with van der Waals surface area (Å²) < 4.78 is 5.28. The van der Waals surface area contributed by atoms with Crippen molar-refractivity contribution in [2.24, 2.45) is 5.10 Å². The molecule has 0 atom stereocenters. The monoisotopic (exact) mass is 344 g/mol. The lowest BCUT2D eigenvalue weighted by molar-refractivity contribution is -0.116. The predicted molar refractivity (Wildman–Crippen MR) is 95.5 cm³/mol. The van der Waals surface area contributed by atoms with Gasteiger partial charge in [-0.2, -0.15) is 5.10 Å². The number of nitrogens with zero attached hydrogens (tertiary/aromatic N) is 1. The molecule has 0 unspecified atom stereocenters. The van der Waals surface area contributed by atoms with Crippen LogP contribution in [0.4, 0.5) is 0 Å². The second kappa shape index (κ2) is 8.74. The maximum absolute atomic E-state index is 11.7. The van der Waals surface area contributed by atoms with Gasteiger partial charge >= 0.3 is 0 Å². The number of hydrazone groups is 1. The number of benzene rings is 2. The van der Waals surface area contributed by atoms with Gasteiger partial charge in [-0.25, -0.2) is 5.43 Å². The molecule has 5 nitrogen and oxygen atoms in total. The number of aromatic hydroxyl groups is 1. The van der Waals surface area contributed by atoms with Crippen LogP contribution in [-0.2, 0) is 4.79 Å². The Balaban J connectivity index is 1.92. The molecule has 2 aromatic carbocycles. The Labute approximate surface area is 145 Å². The van der Waals surface area contributed by atoms with Gasteiger partial charge in [-0.05, 0) is 54.5 Å². The molecule has 0 heterocycles. The van der Waals surface area contributed by atoms with Crippen molar-refractivity contribution in [2.45, 2.75) is 6.92 Å². The fourth-order valence-electron chi connectivity index (χ4n) is 1.84. The molecule has 0 fully saturated rings. The van der Waals surface area contributed by atoms with Crippen LogP contribution >= 0.6 is 11.6 Å². The Morgan fingerprint density at radius 1 is 1.25 bits per heavy atom. The third-order valence-electron chi connectivity index (χ3n) is 2.97. The second-order valence-corrected chi connectivity index (χ2v) is 5.22. The van der Waals surface area contributed by atoms with Crippen LogP contribution < -0.4 is 10.2 Å². The molecule has 0 aliphatic carbocycles. The zero-order valence-electron chi connectivity index (χ0n) is 13.1. The number of ether oxygens (including phenoxy) is 1. The molecule has 0 saturated carbocycles. The molecule has 0 aliphatic heterocycles. The van der Waals surface area contributed by atoms with Crippen LogP contribution in [-0.4, -0.2) is 23.8 Å². The van der Waals surface area contributed by atoms with Gasteiger partial charge in [0.25, 0.3) is 5.91 Å². The molecule has 0 saturated heterocycles. The van der Waals surface area contributed by atoms with Crippen molar-refractivity contribution in [2.75, 3.05) is 6.61 Å². The number of carbonyl (C=O) groups excluding carboxylic acids is 1. The largest absolute Gasteiger partial charge is 0.504 e. The van der Waals surface area contributed by atoms with Crippen molar-refractivity contribution >= 4 is 29.8 Å². The van der Waals surface area contributed by atoms with E-state index in [4.69, 9.17) is 16.3 Å². The summed E-state index contributed by atoms with van der Waals surface area (Å²) in [4.78, 5) is 11.7. The molecule has 124 valence electrons. The van der Waals surface area contributed by atoms with Gasteiger partial charge in [0.05, 0.1) is 12.8 Å². The van der Waals surface area contributed by atoms with Gasteiger partial charge in [0.2, 0.25) is 0 Å². The number of phenols is 1. The Hall–Kier alpha value is -2.79. The molecule has 1 amide bonds. The van der Waals surface area contributed by atoms with Crippen molar-refractivity contribution in [3.63, 3.8) is 0 Å². The lowest BCUT2D eigenvalue weighted by atomic mass is 10.2. The van der Waals surface area contributed by atoms with Crippen LogP contribution in [0.2, 0.25) is 5.02 Å². The topological polar surface area (TPSA) is 70.9 Å². The molecule has 0 aromatic heterocycles. The number of hydrogen-bond donors (Lipinski definition) is 2. The fourth-order valence-corrected chi connectivity index (χ4v) is 1.96. The highest BCUT2D eigenvalue weighted by atomic mass is 35.5. The summed E-state index contributed by atoms with van der Waals surface area (Å²) in [7, 11) is 0. The first-order valence-corrected chi connectivity index (χ1v) is 7.69. The first-order valence-electron chi connectivity index (χ1n) is 7.31. The average molecular weight is 345 g/mol. The quantitative estimate of drug-likeness (QED) is 0.478. The molecule has 2 N–H and O–H groups in total. The van der Waals surface area contributed by atoms with Gasteiger partial charge in [-0.1, -0.05) is 23.7 Å². The number of phenolic OH excluding ortho intramolecular Hbond substituents is 1. The van der Waals surface area contributed by atoms with E-state index < -0.39 is 0 Å². The van der Waals surface area contributed by atoms with Crippen molar-refractivity contribution in [3.05, 3.63) is 64.7 Å². The minimum absolute atomic E-state index is 0.0592. The SMILES string of the molecule is CCOc1cc(/C=N\NC(=O)/C=C/c2ccc(Cl)cc2)ccc1O. The zero-order chi connectivity index (χ0) is 17.4. The van der Waals surface area contributed by atoms with E-state index in [2.05, 4.69) is 10.5 Å². The number of nitrogens with one attached hydrogen (secondary N) is 1. The lowest BCUT2D eigenvalue weighted by Gasteiger charge is -2.05. The van der Waals surface area contributed by atoms with Gasteiger partial charge in [-0.3, -0.25) is 4.79 Å². The van der Waals surface area contributed by atoms with E-state index in [-0.39, 0.29) is 11.7 Å². The van der Waals surface area contributed by atoms with E-state index in [0.29, 0.717) is 22.9 Å². The lowest BCUT2D eigenvalue weighted by Crippen LogP contribution is -2.14. The molecular weight excluding hydrogens is 328 g/mol. The van der Waals surface area contributed by atoms with Crippen LogP contribution in [0, 0.1) is 0 Å². The fraction of sp³-hybridized carbons (Fsp3) is 0.111. The molecule has 0 aliphatic rings. The third-order valence-corrected chi connectivity index (χ3v) is 3.22. The molecule has 0 spiro atoms. The number of hydrogen-bond acceptors (Lipinski definition) is 4. The van der Waals surface area contributed by atoms with Crippen molar-refractivity contribution < 1.29 is 14.6 Å². The van der Waals surface area contributed by atoms with E-state index in [0.717, 1.165) is 5.56 Å². The van der Waals surface area contributed by atoms with Gasteiger partial charge in [0.1, 0.15) is 0 Å².